The first-order valence-corrected chi connectivity index (χ1v) is 11.9. The number of carbonyl (C=O) groups excluding carboxylic acids is 4. The second kappa shape index (κ2) is 9.15. The first-order valence-electron chi connectivity index (χ1n) is 11.1. The predicted octanol–water partition coefficient (Wildman–Crippen LogP) is 3.28. The van der Waals surface area contributed by atoms with Crippen molar-refractivity contribution in [3.63, 3.8) is 0 Å². The Labute approximate surface area is 188 Å². The molecule has 0 aromatic carbocycles. The van der Waals surface area contributed by atoms with Crippen molar-refractivity contribution in [1.82, 2.24) is 10.2 Å². The number of rotatable bonds is 8. The van der Waals surface area contributed by atoms with Gasteiger partial charge in [-0.1, -0.05) is 39.5 Å². The van der Waals surface area contributed by atoms with Gasteiger partial charge in [0.2, 0.25) is 17.6 Å². The molecule has 1 aliphatic heterocycles. The van der Waals surface area contributed by atoms with E-state index in [1.54, 1.807) is 4.90 Å². The molecule has 3 rings (SSSR count). The zero-order valence-corrected chi connectivity index (χ0v) is 19.5. The highest BCUT2D eigenvalue weighted by atomic mass is 35.5. The normalized spacial score (nSPS) is 29.6. The number of carbonyl (C=O) groups is 4. The molecule has 1 heterocycles. The van der Waals surface area contributed by atoms with Crippen molar-refractivity contribution in [2.45, 2.75) is 82.1 Å². The van der Waals surface area contributed by atoms with Crippen LogP contribution in [0, 0.1) is 23.7 Å². The fourth-order valence-electron chi connectivity index (χ4n) is 5.29. The van der Waals surface area contributed by atoms with E-state index in [1.807, 2.05) is 13.8 Å². The number of likely N-dealkylation sites (tertiary alicyclic amines) is 1. The lowest BCUT2D eigenvalue weighted by molar-refractivity contribution is -0.145. The Morgan fingerprint density at radius 1 is 1.13 bits per heavy atom. The van der Waals surface area contributed by atoms with Gasteiger partial charge in [-0.3, -0.25) is 19.2 Å². The van der Waals surface area contributed by atoms with Crippen molar-refractivity contribution in [3.8, 4) is 0 Å². The summed E-state index contributed by atoms with van der Waals surface area (Å²) < 4.78 is -1.03. The van der Waals surface area contributed by atoms with Crippen LogP contribution in [0.15, 0.2) is 0 Å². The van der Waals surface area contributed by atoms with Gasteiger partial charge in [0.05, 0.1) is 6.04 Å². The van der Waals surface area contributed by atoms with Crippen LogP contribution in [0.5, 0.6) is 0 Å². The fraction of sp³-hybridized carbons (Fsp3) is 0.818. The van der Waals surface area contributed by atoms with E-state index in [1.165, 1.54) is 13.3 Å². The van der Waals surface area contributed by atoms with E-state index in [0.29, 0.717) is 25.3 Å². The summed E-state index contributed by atoms with van der Waals surface area (Å²) in [7, 11) is 0. The van der Waals surface area contributed by atoms with Crippen molar-refractivity contribution in [2.75, 3.05) is 6.54 Å². The zero-order chi connectivity index (χ0) is 22.2. The van der Waals surface area contributed by atoms with Gasteiger partial charge in [-0.05, 0) is 25.2 Å². The lowest BCUT2D eigenvalue weighted by Crippen LogP contribution is -2.55. The quantitative estimate of drug-likeness (QED) is 0.446. The molecular weight excluding hydrogens is 427 g/mol. The molecule has 6 nitrogen and oxygen atoms in total. The number of halogens is 2. The second-order valence-electron chi connectivity index (χ2n) is 9.20. The van der Waals surface area contributed by atoms with Gasteiger partial charge < -0.3 is 10.2 Å². The highest BCUT2D eigenvalue weighted by Crippen LogP contribution is 2.65. The minimum atomic E-state index is -1.03. The van der Waals surface area contributed by atoms with Crippen LogP contribution in [-0.4, -0.2) is 51.2 Å². The summed E-state index contributed by atoms with van der Waals surface area (Å²) in [6.07, 6.45) is 6.54. The standard InChI is InChI=1S/C22H32Cl2N2O4/c1-4-8-16(19(28)13(3)27)25-20(29)18-17-15(22(17,23)24)11-26(18)21(30)12(2)14-9-6-5-7-10-14/h12,14-18H,4-11H2,1-3H3,(H,25,29)/t12-,15-,16?,17-,18-/m0/s1. The molecule has 0 aromatic rings. The average Bonchev–Trinajstić information content (AvgIpc) is 3.06. The lowest BCUT2D eigenvalue weighted by Gasteiger charge is -2.35. The van der Waals surface area contributed by atoms with E-state index in [9.17, 15) is 19.2 Å². The van der Waals surface area contributed by atoms with Crippen LogP contribution in [0.4, 0.5) is 0 Å². The number of hydrogen-bond donors (Lipinski definition) is 1. The summed E-state index contributed by atoms with van der Waals surface area (Å²) in [6, 6.07) is -1.69. The Morgan fingerprint density at radius 2 is 1.77 bits per heavy atom. The Kier molecular flexibility index (Phi) is 7.18. The number of piperidine rings is 1. The van der Waals surface area contributed by atoms with Gasteiger partial charge >= 0.3 is 0 Å². The number of hydrogen-bond acceptors (Lipinski definition) is 4. The molecule has 2 amide bonds. The van der Waals surface area contributed by atoms with Crippen LogP contribution >= 0.6 is 23.2 Å². The molecule has 5 atom stereocenters. The third kappa shape index (κ3) is 4.40. The molecule has 8 heteroatoms. The summed E-state index contributed by atoms with van der Waals surface area (Å²) >= 11 is 12.8. The Balaban J connectivity index is 1.76. The molecule has 1 saturated heterocycles. The molecule has 0 spiro atoms. The summed E-state index contributed by atoms with van der Waals surface area (Å²) in [4.78, 5) is 52.0. The maximum absolute atomic E-state index is 13.3. The van der Waals surface area contributed by atoms with E-state index < -0.39 is 33.9 Å². The number of nitrogens with one attached hydrogen (secondary N) is 1. The largest absolute Gasteiger partial charge is 0.344 e. The topological polar surface area (TPSA) is 83.6 Å². The number of nitrogens with zero attached hydrogens (tertiary/aromatic N) is 1. The van der Waals surface area contributed by atoms with Crippen molar-refractivity contribution in [3.05, 3.63) is 0 Å². The highest BCUT2D eigenvalue weighted by Gasteiger charge is 2.73. The van der Waals surface area contributed by atoms with Gasteiger partial charge in [0, 0.05) is 31.2 Å². The van der Waals surface area contributed by atoms with E-state index in [2.05, 4.69) is 5.32 Å². The van der Waals surface area contributed by atoms with Gasteiger partial charge in [-0.2, -0.15) is 0 Å². The van der Waals surface area contributed by atoms with Gasteiger partial charge in [-0.15, -0.1) is 23.2 Å². The van der Waals surface area contributed by atoms with E-state index >= 15 is 0 Å². The van der Waals surface area contributed by atoms with Crippen molar-refractivity contribution < 1.29 is 19.2 Å². The molecule has 3 aliphatic rings. The predicted molar refractivity (Wildman–Crippen MR) is 115 cm³/mol. The molecule has 1 N–H and O–H groups in total. The first-order chi connectivity index (χ1) is 14.1. The minimum Gasteiger partial charge on any atom is -0.344 e. The summed E-state index contributed by atoms with van der Waals surface area (Å²) in [6.45, 7) is 5.38. The van der Waals surface area contributed by atoms with Crippen LogP contribution in [0.1, 0.15) is 65.7 Å². The van der Waals surface area contributed by atoms with Crippen LogP contribution < -0.4 is 5.32 Å². The number of amides is 2. The van der Waals surface area contributed by atoms with Crippen molar-refractivity contribution in [2.24, 2.45) is 23.7 Å². The first kappa shape index (κ1) is 23.5. The van der Waals surface area contributed by atoms with Gasteiger partial charge in [0.1, 0.15) is 10.4 Å². The third-order valence-electron chi connectivity index (χ3n) is 7.19. The van der Waals surface area contributed by atoms with E-state index in [-0.39, 0.29) is 23.7 Å². The number of Topliss-reactive ketones (excluding diaryl/α,β-unsaturated/α-hetero) is 2. The van der Waals surface area contributed by atoms with Gasteiger partial charge in [0.25, 0.3) is 0 Å². The lowest BCUT2D eigenvalue weighted by atomic mass is 9.80. The molecule has 0 aromatic heterocycles. The molecule has 0 radical (unpaired) electrons. The molecular formula is C22H32Cl2N2O4. The van der Waals surface area contributed by atoms with Crippen LogP contribution in [0.2, 0.25) is 0 Å². The third-order valence-corrected chi connectivity index (χ3v) is 8.25. The molecule has 0 bridgehead atoms. The van der Waals surface area contributed by atoms with Crippen LogP contribution in [0.3, 0.4) is 0 Å². The summed E-state index contributed by atoms with van der Waals surface area (Å²) in [5.74, 6) is -2.02. The Bertz CT molecular complexity index is 720. The van der Waals surface area contributed by atoms with E-state index in [4.69, 9.17) is 23.2 Å². The molecule has 3 fully saturated rings. The smallest absolute Gasteiger partial charge is 0.243 e. The summed E-state index contributed by atoms with van der Waals surface area (Å²) in [5, 5.41) is 2.72. The molecule has 30 heavy (non-hydrogen) atoms. The zero-order valence-electron chi connectivity index (χ0n) is 18.0. The van der Waals surface area contributed by atoms with Crippen LogP contribution in [0.25, 0.3) is 0 Å². The number of ketones is 2. The van der Waals surface area contributed by atoms with Gasteiger partial charge in [0.15, 0.2) is 5.78 Å². The van der Waals surface area contributed by atoms with E-state index in [0.717, 1.165) is 25.7 Å². The maximum atomic E-state index is 13.3. The van der Waals surface area contributed by atoms with Crippen molar-refractivity contribution >= 4 is 46.6 Å². The average molecular weight is 459 g/mol. The number of fused-ring (bicyclic) bond motifs is 1. The SMILES string of the molecule is CCCC(NC(=O)[C@@H]1[C@@H]2[C@H](CN1C(=O)[C@@H](C)C1CCCCC1)C2(Cl)Cl)C(=O)C(C)=O. The monoisotopic (exact) mass is 458 g/mol. The Morgan fingerprint density at radius 3 is 2.33 bits per heavy atom. The highest BCUT2D eigenvalue weighted by molar-refractivity contribution is 6.51. The molecule has 168 valence electrons. The summed E-state index contributed by atoms with van der Waals surface area (Å²) in [5.41, 5.74) is 0. The Hall–Kier alpha value is -1.14. The van der Waals surface area contributed by atoms with Crippen molar-refractivity contribution in [1.29, 1.82) is 0 Å². The minimum absolute atomic E-state index is 0.0386. The van der Waals surface area contributed by atoms with Gasteiger partial charge in [-0.25, -0.2) is 0 Å². The molecule has 2 saturated carbocycles. The number of alkyl halides is 2. The fourth-order valence-corrected chi connectivity index (χ4v) is 6.12. The molecule has 2 aliphatic carbocycles. The molecule has 1 unspecified atom stereocenters. The maximum Gasteiger partial charge on any atom is 0.243 e. The van der Waals surface area contributed by atoms with Crippen LogP contribution in [-0.2, 0) is 19.2 Å². The second-order valence-corrected chi connectivity index (χ2v) is 10.6.